The normalized spacial score (nSPS) is 14.3. The van der Waals surface area contributed by atoms with Gasteiger partial charge in [-0.15, -0.1) is 0 Å². The van der Waals surface area contributed by atoms with E-state index in [0.29, 0.717) is 25.7 Å². The van der Waals surface area contributed by atoms with Gasteiger partial charge in [0.15, 0.2) is 12.2 Å². The van der Waals surface area contributed by atoms with Crippen LogP contribution >= 0.6 is 15.6 Å². The van der Waals surface area contributed by atoms with Gasteiger partial charge >= 0.3 is 39.5 Å². The van der Waals surface area contributed by atoms with Crippen LogP contribution < -0.4 is 0 Å². The predicted molar refractivity (Wildman–Crippen MR) is 372 cm³/mol. The van der Waals surface area contributed by atoms with Crippen LogP contribution in [0.1, 0.15) is 381 Å². The first kappa shape index (κ1) is 90.1. The van der Waals surface area contributed by atoms with Gasteiger partial charge in [-0.25, -0.2) is 9.13 Å². The van der Waals surface area contributed by atoms with Gasteiger partial charge in [-0.1, -0.05) is 330 Å². The molecule has 546 valence electrons. The van der Waals surface area contributed by atoms with Crippen molar-refractivity contribution < 1.29 is 80.2 Å². The topological polar surface area (TPSA) is 237 Å². The van der Waals surface area contributed by atoms with Crippen LogP contribution in [0.2, 0.25) is 0 Å². The third-order valence-electron chi connectivity index (χ3n) is 17.4. The van der Waals surface area contributed by atoms with Gasteiger partial charge in [-0.05, 0) is 31.6 Å². The van der Waals surface area contributed by atoms with Crippen molar-refractivity contribution in [2.24, 2.45) is 5.92 Å². The fourth-order valence-corrected chi connectivity index (χ4v) is 12.7. The Kier molecular flexibility index (Phi) is 64.9. The summed E-state index contributed by atoms with van der Waals surface area (Å²) < 4.78 is 68.1. The fraction of sp³-hybridized carbons (Fsp3) is 0.945. The number of phosphoric acid groups is 2. The standard InChI is InChI=1S/C73H142O17P2/c1-6-10-13-16-18-20-22-24-26-28-29-30-31-32-34-36-38-40-42-48-53-58-72(77)89-69(63-84-71(76)57-52-47-41-39-37-35-33-27-25-23-21-19-17-14-11-7-2)65-88-92(81,82)86-61-67(74)60-85-91(79,80)87-64-68(62-83-70(75)56-51-45-15-12-8-3)90-73(78)59-54-49-44-43-46-50-55-66(5)9-4/h66-69,74H,6-65H2,1-5H3,(H,79,80)(H,81,82)/t66?,67-,68+,69+/m0/s1. The zero-order chi connectivity index (χ0) is 67.7. The van der Waals surface area contributed by atoms with Crippen molar-refractivity contribution in [1.29, 1.82) is 0 Å². The first-order chi connectivity index (χ1) is 44.6. The molecule has 0 spiro atoms. The van der Waals surface area contributed by atoms with Crippen LogP contribution in [0, 0.1) is 5.92 Å². The average molecular weight is 1350 g/mol. The van der Waals surface area contributed by atoms with Crippen molar-refractivity contribution >= 4 is 39.5 Å². The number of ether oxygens (including phenoxy) is 4. The molecule has 19 heteroatoms. The predicted octanol–water partition coefficient (Wildman–Crippen LogP) is 21.3. The van der Waals surface area contributed by atoms with Gasteiger partial charge < -0.3 is 33.8 Å². The molecule has 0 rings (SSSR count). The monoisotopic (exact) mass is 1350 g/mol. The molecular formula is C73H142O17P2. The molecule has 0 saturated heterocycles. The van der Waals surface area contributed by atoms with E-state index >= 15 is 0 Å². The maximum atomic E-state index is 13.1. The van der Waals surface area contributed by atoms with E-state index in [9.17, 15) is 43.2 Å². The number of carbonyl (C=O) groups is 4. The number of rotatable bonds is 73. The first-order valence-electron chi connectivity index (χ1n) is 38.2. The first-order valence-corrected chi connectivity index (χ1v) is 41.2. The van der Waals surface area contributed by atoms with E-state index in [-0.39, 0.29) is 25.7 Å². The highest BCUT2D eigenvalue weighted by Gasteiger charge is 2.30. The number of phosphoric ester groups is 2. The second kappa shape index (κ2) is 66.3. The van der Waals surface area contributed by atoms with Crippen LogP contribution in [0.3, 0.4) is 0 Å². The van der Waals surface area contributed by atoms with Gasteiger partial charge in [0.25, 0.3) is 0 Å². The highest BCUT2D eigenvalue weighted by molar-refractivity contribution is 7.47. The Morgan fingerprint density at radius 1 is 0.304 bits per heavy atom. The van der Waals surface area contributed by atoms with Crippen LogP contribution in [0.4, 0.5) is 0 Å². The van der Waals surface area contributed by atoms with E-state index < -0.39 is 97.5 Å². The SMILES string of the molecule is CCCCCCCCCCCCCCCCCCCCCCCC(=O)O[C@H](COC(=O)CCCCCCCCCCCCCCCCCC)COP(=O)(O)OC[C@@H](O)COP(=O)(O)OC[C@@H](COC(=O)CCCCCCC)OC(=O)CCCCCCCCC(C)CC. The van der Waals surface area contributed by atoms with E-state index in [4.69, 9.17) is 37.0 Å². The van der Waals surface area contributed by atoms with Gasteiger partial charge in [0.1, 0.15) is 19.3 Å². The molecular weight excluding hydrogens is 1210 g/mol. The number of unbranched alkanes of at least 4 members (excludes halogenated alkanes) is 44. The van der Waals surface area contributed by atoms with Crippen LogP contribution in [-0.4, -0.2) is 96.7 Å². The molecule has 0 radical (unpaired) electrons. The number of carbonyl (C=O) groups excluding carboxylic acids is 4. The second-order valence-corrected chi connectivity index (χ2v) is 29.5. The molecule has 17 nitrogen and oxygen atoms in total. The Labute approximate surface area is 562 Å². The Hall–Kier alpha value is -1.94. The van der Waals surface area contributed by atoms with E-state index in [2.05, 4.69) is 34.6 Å². The molecule has 0 bridgehead atoms. The Morgan fingerprint density at radius 3 is 0.772 bits per heavy atom. The van der Waals surface area contributed by atoms with Gasteiger partial charge in [0.05, 0.1) is 26.4 Å². The fourth-order valence-electron chi connectivity index (χ4n) is 11.1. The van der Waals surface area contributed by atoms with Crippen molar-refractivity contribution in [3.8, 4) is 0 Å². The molecule has 0 heterocycles. The summed E-state index contributed by atoms with van der Waals surface area (Å²) in [5.74, 6) is -1.41. The molecule has 0 aliphatic heterocycles. The van der Waals surface area contributed by atoms with Crippen molar-refractivity contribution in [1.82, 2.24) is 0 Å². The van der Waals surface area contributed by atoms with Crippen molar-refractivity contribution in [3.63, 3.8) is 0 Å². The molecule has 0 amide bonds. The lowest BCUT2D eigenvalue weighted by atomic mass is 10.00. The van der Waals surface area contributed by atoms with E-state index in [0.717, 1.165) is 102 Å². The van der Waals surface area contributed by atoms with Crippen molar-refractivity contribution in [2.45, 2.75) is 400 Å². The van der Waals surface area contributed by atoms with Crippen LogP contribution in [0.5, 0.6) is 0 Å². The Bertz CT molecular complexity index is 1770. The third kappa shape index (κ3) is 65.4. The molecule has 0 aromatic rings. The summed E-state index contributed by atoms with van der Waals surface area (Å²) in [6.45, 7) is 7.12. The summed E-state index contributed by atoms with van der Waals surface area (Å²) in [5.41, 5.74) is 0. The van der Waals surface area contributed by atoms with Gasteiger partial charge in [0, 0.05) is 25.7 Å². The maximum Gasteiger partial charge on any atom is 0.472 e. The molecule has 0 fully saturated rings. The molecule has 3 unspecified atom stereocenters. The van der Waals surface area contributed by atoms with Gasteiger partial charge in [-0.3, -0.25) is 37.3 Å². The van der Waals surface area contributed by atoms with Crippen LogP contribution in [0.25, 0.3) is 0 Å². The van der Waals surface area contributed by atoms with E-state index in [1.54, 1.807) is 0 Å². The van der Waals surface area contributed by atoms with Crippen LogP contribution in [0.15, 0.2) is 0 Å². The van der Waals surface area contributed by atoms with E-state index in [1.807, 2.05) is 0 Å². The molecule has 6 atom stereocenters. The Morgan fingerprint density at radius 2 is 0.522 bits per heavy atom. The summed E-state index contributed by atoms with van der Waals surface area (Å²) in [5, 5.41) is 10.6. The van der Waals surface area contributed by atoms with Crippen LogP contribution in [-0.2, 0) is 65.4 Å². The van der Waals surface area contributed by atoms with E-state index in [1.165, 1.54) is 199 Å². The summed E-state index contributed by atoms with van der Waals surface area (Å²) in [6.07, 6.45) is 54.8. The minimum Gasteiger partial charge on any atom is -0.462 e. The highest BCUT2D eigenvalue weighted by atomic mass is 31.2. The largest absolute Gasteiger partial charge is 0.472 e. The lowest BCUT2D eigenvalue weighted by Crippen LogP contribution is -2.30. The third-order valence-corrected chi connectivity index (χ3v) is 19.3. The van der Waals surface area contributed by atoms with Crippen molar-refractivity contribution in [3.05, 3.63) is 0 Å². The average Bonchev–Trinajstić information content (AvgIpc) is 2.02. The molecule has 0 aliphatic rings. The summed E-state index contributed by atoms with van der Waals surface area (Å²) in [4.78, 5) is 72.3. The van der Waals surface area contributed by atoms with Gasteiger partial charge in [0.2, 0.25) is 0 Å². The zero-order valence-electron chi connectivity index (χ0n) is 59.7. The lowest BCUT2D eigenvalue weighted by molar-refractivity contribution is -0.161. The minimum absolute atomic E-state index is 0.102. The Balaban J connectivity index is 5.12. The molecule has 0 aromatic heterocycles. The number of hydrogen-bond acceptors (Lipinski definition) is 15. The zero-order valence-corrected chi connectivity index (χ0v) is 61.5. The van der Waals surface area contributed by atoms with Crippen molar-refractivity contribution in [2.75, 3.05) is 39.6 Å². The molecule has 92 heavy (non-hydrogen) atoms. The minimum atomic E-state index is -4.95. The number of aliphatic hydroxyl groups excluding tert-OH is 1. The number of hydrogen-bond donors (Lipinski definition) is 3. The highest BCUT2D eigenvalue weighted by Crippen LogP contribution is 2.45. The smallest absolute Gasteiger partial charge is 0.462 e. The summed E-state index contributed by atoms with van der Waals surface area (Å²) in [7, 11) is -9.89. The summed E-state index contributed by atoms with van der Waals surface area (Å²) in [6, 6.07) is 0. The molecule has 3 N–H and O–H groups in total. The number of esters is 4. The molecule has 0 aromatic carbocycles. The second-order valence-electron chi connectivity index (χ2n) is 26.6. The molecule has 0 aliphatic carbocycles. The number of aliphatic hydroxyl groups is 1. The lowest BCUT2D eigenvalue weighted by Gasteiger charge is -2.21. The summed E-state index contributed by atoms with van der Waals surface area (Å²) >= 11 is 0. The maximum absolute atomic E-state index is 13.1. The quantitative estimate of drug-likeness (QED) is 0.0222. The molecule has 0 saturated carbocycles. The van der Waals surface area contributed by atoms with Gasteiger partial charge in [-0.2, -0.15) is 0 Å².